The minimum atomic E-state index is -3.60. The summed E-state index contributed by atoms with van der Waals surface area (Å²) in [6, 6.07) is 4.61. The van der Waals surface area contributed by atoms with Gasteiger partial charge < -0.3 is 14.6 Å². The number of ether oxygens (including phenoxy) is 1. The summed E-state index contributed by atoms with van der Waals surface area (Å²) in [6.07, 6.45) is 1.02. The number of carbonyl (C=O) groups is 1. The molecule has 142 valence electrons. The van der Waals surface area contributed by atoms with Crippen LogP contribution in [0.1, 0.15) is 24.3 Å². The SMILES string of the molecule is COc1ccc(Cl)c(NC(=O)c2ncn(CC(C)(F)C(C)(F)F)c2Cl)c1. The number of methoxy groups -OCH3 is 1. The fourth-order valence-electron chi connectivity index (χ4n) is 2.00. The maximum absolute atomic E-state index is 14.2. The summed E-state index contributed by atoms with van der Waals surface area (Å²) in [5.41, 5.74) is -2.88. The van der Waals surface area contributed by atoms with Crippen LogP contribution in [0.5, 0.6) is 5.75 Å². The van der Waals surface area contributed by atoms with Gasteiger partial charge in [-0.05, 0) is 19.1 Å². The second-order valence-corrected chi connectivity index (χ2v) is 6.66. The van der Waals surface area contributed by atoms with Crippen molar-refractivity contribution in [1.29, 1.82) is 0 Å². The van der Waals surface area contributed by atoms with Crippen LogP contribution in [0.25, 0.3) is 0 Å². The van der Waals surface area contributed by atoms with Crippen molar-refractivity contribution in [2.45, 2.75) is 32.0 Å². The minimum Gasteiger partial charge on any atom is -0.497 e. The Morgan fingerprint density at radius 1 is 1.31 bits per heavy atom. The number of aromatic nitrogens is 2. The predicted molar refractivity (Wildman–Crippen MR) is 93.3 cm³/mol. The predicted octanol–water partition coefficient (Wildman–Crippen LogP) is 4.83. The van der Waals surface area contributed by atoms with Gasteiger partial charge in [0.1, 0.15) is 10.9 Å². The monoisotopic (exact) mass is 409 g/mol. The zero-order valence-electron chi connectivity index (χ0n) is 14.1. The number of hydrogen-bond acceptors (Lipinski definition) is 3. The van der Waals surface area contributed by atoms with Crippen molar-refractivity contribution in [2.24, 2.45) is 0 Å². The average Bonchev–Trinajstić information content (AvgIpc) is 2.89. The fourth-order valence-corrected chi connectivity index (χ4v) is 2.40. The molecule has 2 aromatic rings. The van der Waals surface area contributed by atoms with Crippen molar-refractivity contribution in [3.63, 3.8) is 0 Å². The number of anilines is 1. The first-order valence-corrected chi connectivity index (χ1v) is 8.14. The lowest BCUT2D eigenvalue weighted by atomic mass is 10.0. The van der Waals surface area contributed by atoms with Gasteiger partial charge in [-0.2, -0.15) is 0 Å². The molecular formula is C16H16Cl2F3N3O2. The van der Waals surface area contributed by atoms with Crippen molar-refractivity contribution in [2.75, 3.05) is 12.4 Å². The van der Waals surface area contributed by atoms with Gasteiger partial charge in [0.15, 0.2) is 11.4 Å². The smallest absolute Gasteiger partial charge is 0.280 e. The van der Waals surface area contributed by atoms with Gasteiger partial charge in [-0.25, -0.2) is 18.2 Å². The molecule has 1 aromatic heterocycles. The van der Waals surface area contributed by atoms with E-state index in [1.165, 1.54) is 19.2 Å². The molecule has 0 aliphatic heterocycles. The molecule has 2 rings (SSSR count). The van der Waals surface area contributed by atoms with Gasteiger partial charge in [-0.1, -0.05) is 23.2 Å². The summed E-state index contributed by atoms with van der Waals surface area (Å²) >= 11 is 12.0. The number of halogens is 5. The number of benzene rings is 1. The van der Waals surface area contributed by atoms with Crippen LogP contribution >= 0.6 is 23.2 Å². The Morgan fingerprint density at radius 3 is 2.54 bits per heavy atom. The lowest BCUT2D eigenvalue weighted by molar-refractivity contribution is -0.121. The van der Waals surface area contributed by atoms with Crippen LogP contribution in [0.2, 0.25) is 10.2 Å². The molecule has 1 unspecified atom stereocenters. The van der Waals surface area contributed by atoms with Gasteiger partial charge in [-0.3, -0.25) is 4.79 Å². The van der Waals surface area contributed by atoms with E-state index in [2.05, 4.69) is 10.3 Å². The highest BCUT2D eigenvalue weighted by Gasteiger charge is 2.47. The Bertz CT molecular complexity index is 820. The van der Waals surface area contributed by atoms with Crippen molar-refractivity contribution >= 4 is 34.8 Å². The molecule has 1 aromatic carbocycles. The number of imidazole rings is 1. The third-order valence-corrected chi connectivity index (χ3v) is 4.52. The molecule has 0 aliphatic rings. The van der Waals surface area contributed by atoms with E-state index in [1.54, 1.807) is 6.07 Å². The molecule has 0 bridgehead atoms. The molecule has 0 aliphatic carbocycles. The van der Waals surface area contributed by atoms with Crippen molar-refractivity contribution < 1.29 is 22.7 Å². The zero-order chi connectivity index (χ0) is 19.7. The van der Waals surface area contributed by atoms with Crippen LogP contribution in [0.15, 0.2) is 24.5 Å². The Morgan fingerprint density at radius 2 is 1.96 bits per heavy atom. The first-order valence-electron chi connectivity index (χ1n) is 7.38. The van der Waals surface area contributed by atoms with Crippen LogP contribution in [0, 0.1) is 0 Å². The molecule has 5 nitrogen and oxygen atoms in total. The fraction of sp³-hybridized carbons (Fsp3) is 0.375. The van der Waals surface area contributed by atoms with E-state index < -0.39 is 24.0 Å². The molecule has 0 radical (unpaired) electrons. The van der Waals surface area contributed by atoms with E-state index in [4.69, 9.17) is 27.9 Å². The number of carbonyl (C=O) groups excluding carboxylic acids is 1. The van der Waals surface area contributed by atoms with Gasteiger partial charge in [-0.15, -0.1) is 0 Å². The van der Waals surface area contributed by atoms with Crippen LogP contribution < -0.4 is 10.1 Å². The number of nitrogens with zero attached hydrogens (tertiary/aromatic N) is 2. The summed E-state index contributed by atoms with van der Waals surface area (Å²) < 4.78 is 46.8. The minimum absolute atomic E-state index is 0.247. The zero-order valence-corrected chi connectivity index (χ0v) is 15.6. The number of amides is 1. The molecular weight excluding hydrogens is 394 g/mol. The highest BCUT2D eigenvalue weighted by molar-refractivity contribution is 6.35. The van der Waals surface area contributed by atoms with E-state index in [1.807, 2.05) is 0 Å². The Balaban J connectivity index is 2.23. The van der Waals surface area contributed by atoms with Gasteiger partial charge >= 0.3 is 0 Å². The first-order chi connectivity index (χ1) is 12.0. The largest absolute Gasteiger partial charge is 0.497 e. The number of hydrogen-bond donors (Lipinski definition) is 1. The van der Waals surface area contributed by atoms with Crippen LogP contribution in [-0.2, 0) is 6.54 Å². The number of nitrogens with one attached hydrogen (secondary N) is 1. The summed E-state index contributed by atoms with van der Waals surface area (Å²) in [7, 11) is 1.45. The Hall–Kier alpha value is -1.93. The maximum atomic E-state index is 14.2. The standard InChI is InChI=1S/C16H16Cl2F3N3O2/c1-15(19,16(2,20)21)7-24-8-22-12(13(24)18)14(25)23-11-6-9(26-3)4-5-10(11)17/h4-6,8H,7H2,1-3H3,(H,23,25). The van der Waals surface area contributed by atoms with E-state index in [0.717, 1.165) is 17.8 Å². The lowest BCUT2D eigenvalue weighted by Crippen LogP contribution is -2.42. The quantitative estimate of drug-likeness (QED) is 0.742. The first kappa shape index (κ1) is 20.4. The van der Waals surface area contributed by atoms with E-state index in [9.17, 15) is 18.0 Å². The molecule has 26 heavy (non-hydrogen) atoms. The number of rotatable bonds is 6. The van der Waals surface area contributed by atoms with Crippen LogP contribution in [-0.4, -0.2) is 34.2 Å². The van der Waals surface area contributed by atoms with Crippen molar-refractivity contribution in [1.82, 2.24) is 9.55 Å². The Kier molecular flexibility index (Phi) is 5.77. The second-order valence-electron chi connectivity index (χ2n) is 5.90. The summed E-state index contributed by atoms with van der Waals surface area (Å²) in [4.78, 5) is 16.1. The molecule has 0 spiro atoms. The van der Waals surface area contributed by atoms with E-state index in [0.29, 0.717) is 12.7 Å². The van der Waals surface area contributed by atoms with Crippen molar-refractivity contribution in [3.05, 3.63) is 40.4 Å². The molecule has 1 amide bonds. The average molecular weight is 410 g/mol. The molecule has 10 heteroatoms. The summed E-state index contributed by atoms with van der Waals surface area (Å²) in [6.45, 7) is 0.449. The molecule has 1 N–H and O–H groups in total. The van der Waals surface area contributed by atoms with Gasteiger partial charge in [0.05, 0.1) is 30.7 Å². The lowest BCUT2D eigenvalue weighted by Gasteiger charge is -2.27. The molecule has 1 atom stereocenters. The molecule has 0 saturated heterocycles. The van der Waals surface area contributed by atoms with Gasteiger partial charge in [0.25, 0.3) is 11.8 Å². The molecule has 0 fully saturated rings. The summed E-state index contributed by atoms with van der Waals surface area (Å²) in [5, 5.41) is 2.47. The number of alkyl halides is 3. The van der Waals surface area contributed by atoms with Gasteiger partial charge in [0, 0.05) is 13.0 Å². The van der Waals surface area contributed by atoms with E-state index >= 15 is 0 Å². The third kappa shape index (κ3) is 4.24. The second kappa shape index (κ2) is 7.36. The van der Waals surface area contributed by atoms with Crippen LogP contribution in [0.4, 0.5) is 18.9 Å². The highest BCUT2D eigenvalue weighted by Crippen LogP contribution is 2.34. The van der Waals surface area contributed by atoms with Crippen LogP contribution in [0.3, 0.4) is 0 Å². The Labute approximate surface area is 158 Å². The molecule has 0 saturated carbocycles. The normalized spacial score (nSPS) is 14.0. The topological polar surface area (TPSA) is 56.1 Å². The van der Waals surface area contributed by atoms with E-state index in [-0.39, 0.29) is 21.6 Å². The maximum Gasteiger partial charge on any atom is 0.280 e. The molecule has 1 heterocycles. The third-order valence-electron chi connectivity index (χ3n) is 3.79. The van der Waals surface area contributed by atoms with Gasteiger partial charge in [0.2, 0.25) is 0 Å². The van der Waals surface area contributed by atoms with Crippen molar-refractivity contribution in [3.8, 4) is 5.75 Å². The summed E-state index contributed by atoms with van der Waals surface area (Å²) in [5.74, 6) is -3.87. The highest BCUT2D eigenvalue weighted by atomic mass is 35.5.